The monoisotopic (exact) mass is 219 g/mol. The van der Waals surface area contributed by atoms with Gasteiger partial charge in [-0.05, 0) is 38.3 Å². The third kappa shape index (κ3) is 3.96. The van der Waals surface area contributed by atoms with Crippen LogP contribution in [0.15, 0.2) is 0 Å². The van der Waals surface area contributed by atoms with Gasteiger partial charge in [-0.15, -0.1) is 0 Å². The average molecular weight is 219 g/mol. The van der Waals surface area contributed by atoms with Gasteiger partial charge in [0.1, 0.15) is 9.84 Å². The maximum absolute atomic E-state index is 11.0. The van der Waals surface area contributed by atoms with Gasteiger partial charge in [0.15, 0.2) is 0 Å². The lowest BCUT2D eigenvalue weighted by Crippen LogP contribution is -2.23. The van der Waals surface area contributed by atoms with E-state index in [0.717, 1.165) is 13.0 Å². The molecular weight excluding hydrogens is 198 g/mol. The fourth-order valence-electron chi connectivity index (χ4n) is 2.39. The van der Waals surface area contributed by atoms with Gasteiger partial charge in [0.2, 0.25) is 0 Å². The summed E-state index contributed by atoms with van der Waals surface area (Å²) >= 11 is 0. The molecular formula is C10H21NO2S. The van der Waals surface area contributed by atoms with Gasteiger partial charge >= 0.3 is 0 Å². The van der Waals surface area contributed by atoms with E-state index in [1.807, 2.05) is 7.05 Å². The van der Waals surface area contributed by atoms with Crippen molar-refractivity contribution >= 4 is 9.84 Å². The second kappa shape index (κ2) is 5.12. The first-order chi connectivity index (χ1) is 6.53. The molecule has 0 aromatic heterocycles. The van der Waals surface area contributed by atoms with Crippen molar-refractivity contribution in [3.8, 4) is 0 Å². The number of hydrogen-bond acceptors (Lipinski definition) is 3. The molecule has 1 rings (SSSR count). The van der Waals surface area contributed by atoms with Crippen LogP contribution in [-0.2, 0) is 9.84 Å². The molecule has 0 aliphatic heterocycles. The third-order valence-corrected chi connectivity index (χ3v) is 4.12. The predicted octanol–water partition coefficient (Wildman–Crippen LogP) is 1.06. The molecule has 0 amide bonds. The molecule has 1 saturated carbocycles. The number of rotatable bonds is 5. The van der Waals surface area contributed by atoms with Crippen LogP contribution >= 0.6 is 0 Å². The standard InChI is InChI=1S/C10H21NO2S/c1-11-8-10-5-3-4-9(10)6-7-14(2,12)13/h9-11H,3-8H2,1-2H3. The molecule has 1 aliphatic carbocycles. The molecule has 0 bridgehead atoms. The van der Waals surface area contributed by atoms with Crippen molar-refractivity contribution in [2.75, 3.05) is 25.6 Å². The summed E-state index contributed by atoms with van der Waals surface area (Å²) in [6.07, 6.45) is 5.91. The summed E-state index contributed by atoms with van der Waals surface area (Å²) in [7, 11) is -0.806. The Morgan fingerprint density at radius 2 is 1.93 bits per heavy atom. The van der Waals surface area contributed by atoms with Crippen molar-refractivity contribution < 1.29 is 8.42 Å². The second-order valence-corrected chi connectivity index (χ2v) is 6.69. The van der Waals surface area contributed by atoms with Gasteiger partial charge in [-0.1, -0.05) is 12.8 Å². The SMILES string of the molecule is CNCC1CCCC1CCS(C)(=O)=O. The predicted molar refractivity (Wildman–Crippen MR) is 59.1 cm³/mol. The van der Waals surface area contributed by atoms with Crippen LogP contribution in [0, 0.1) is 11.8 Å². The maximum atomic E-state index is 11.0. The highest BCUT2D eigenvalue weighted by Crippen LogP contribution is 2.33. The summed E-state index contributed by atoms with van der Waals surface area (Å²) in [6, 6.07) is 0. The molecule has 0 radical (unpaired) electrons. The highest BCUT2D eigenvalue weighted by Gasteiger charge is 2.26. The van der Waals surface area contributed by atoms with Crippen LogP contribution in [0.4, 0.5) is 0 Å². The minimum atomic E-state index is -2.77. The van der Waals surface area contributed by atoms with Crippen LogP contribution < -0.4 is 5.32 Å². The fraction of sp³-hybridized carbons (Fsp3) is 1.00. The first-order valence-electron chi connectivity index (χ1n) is 5.35. The van der Waals surface area contributed by atoms with Gasteiger partial charge in [-0.2, -0.15) is 0 Å². The van der Waals surface area contributed by atoms with Crippen molar-refractivity contribution in [2.45, 2.75) is 25.7 Å². The summed E-state index contributed by atoms with van der Waals surface area (Å²) in [6.45, 7) is 1.04. The Bertz CT molecular complexity index is 261. The van der Waals surface area contributed by atoms with E-state index >= 15 is 0 Å². The summed E-state index contributed by atoms with van der Waals surface area (Å²) in [5.74, 6) is 1.68. The molecule has 3 nitrogen and oxygen atoms in total. The fourth-order valence-corrected chi connectivity index (χ4v) is 3.12. The Kier molecular flexibility index (Phi) is 4.38. The van der Waals surface area contributed by atoms with Crippen LogP contribution in [0.5, 0.6) is 0 Å². The smallest absolute Gasteiger partial charge is 0.147 e. The third-order valence-electron chi connectivity index (χ3n) is 3.14. The van der Waals surface area contributed by atoms with Crippen LogP contribution in [-0.4, -0.2) is 34.0 Å². The van der Waals surface area contributed by atoms with Crippen LogP contribution in [0.25, 0.3) is 0 Å². The molecule has 0 spiro atoms. The van der Waals surface area contributed by atoms with Gasteiger partial charge in [-0.3, -0.25) is 0 Å². The Morgan fingerprint density at radius 3 is 2.50 bits per heavy atom. The molecule has 1 fully saturated rings. The average Bonchev–Trinajstić information content (AvgIpc) is 2.48. The minimum absolute atomic E-state index is 0.359. The van der Waals surface area contributed by atoms with Gasteiger partial charge < -0.3 is 5.32 Å². The van der Waals surface area contributed by atoms with Gasteiger partial charge in [0.25, 0.3) is 0 Å². The molecule has 0 heterocycles. The molecule has 2 atom stereocenters. The molecule has 84 valence electrons. The van der Waals surface area contributed by atoms with E-state index in [2.05, 4.69) is 5.32 Å². The highest BCUT2D eigenvalue weighted by atomic mass is 32.2. The Hall–Kier alpha value is -0.0900. The zero-order valence-electron chi connectivity index (χ0n) is 9.12. The molecule has 14 heavy (non-hydrogen) atoms. The first kappa shape index (κ1) is 12.0. The summed E-state index contributed by atoms with van der Waals surface area (Å²) in [4.78, 5) is 0. The van der Waals surface area contributed by atoms with Gasteiger partial charge in [0.05, 0.1) is 5.75 Å². The van der Waals surface area contributed by atoms with E-state index in [1.165, 1.54) is 25.5 Å². The van der Waals surface area contributed by atoms with Gasteiger partial charge in [-0.25, -0.2) is 8.42 Å². The number of sulfone groups is 1. The Morgan fingerprint density at radius 1 is 1.29 bits per heavy atom. The number of hydrogen-bond donors (Lipinski definition) is 1. The molecule has 0 aromatic carbocycles. The Balaban J connectivity index is 2.36. The van der Waals surface area contributed by atoms with E-state index < -0.39 is 9.84 Å². The Labute approximate surface area is 87.2 Å². The molecule has 1 N–H and O–H groups in total. The molecule has 0 aromatic rings. The zero-order chi connectivity index (χ0) is 10.6. The molecule has 4 heteroatoms. The second-order valence-electron chi connectivity index (χ2n) is 4.43. The topological polar surface area (TPSA) is 46.2 Å². The minimum Gasteiger partial charge on any atom is -0.319 e. The van der Waals surface area contributed by atoms with E-state index in [-0.39, 0.29) is 0 Å². The van der Waals surface area contributed by atoms with E-state index in [9.17, 15) is 8.42 Å². The van der Waals surface area contributed by atoms with Crippen molar-refractivity contribution in [1.82, 2.24) is 5.32 Å². The first-order valence-corrected chi connectivity index (χ1v) is 7.41. The maximum Gasteiger partial charge on any atom is 0.147 e. The normalized spacial score (nSPS) is 28.1. The lowest BCUT2D eigenvalue weighted by Gasteiger charge is -2.18. The quantitative estimate of drug-likeness (QED) is 0.752. The zero-order valence-corrected chi connectivity index (χ0v) is 9.94. The van der Waals surface area contributed by atoms with E-state index in [0.29, 0.717) is 17.6 Å². The van der Waals surface area contributed by atoms with Gasteiger partial charge in [0, 0.05) is 6.26 Å². The molecule has 1 aliphatic rings. The molecule has 0 saturated heterocycles. The van der Waals surface area contributed by atoms with Crippen molar-refractivity contribution in [3.05, 3.63) is 0 Å². The van der Waals surface area contributed by atoms with Crippen LogP contribution in [0.2, 0.25) is 0 Å². The largest absolute Gasteiger partial charge is 0.319 e. The molecule has 2 unspecified atom stereocenters. The van der Waals surface area contributed by atoms with Crippen LogP contribution in [0.1, 0.15) is 25.7 Å². The lowest BCUT2D eigenvalue weighted by molar-refractivity contribution is 0.367. The summed E-state index contributed by atoms with van der Waals surface area (Å²) < 4.78 is 22.1. The van der Waals surface area contributed by atoms with Crippen LogP contribution in [0.3, 0.4) is 0 Å². The van der Waals surface area contributed by atoms with Crippen molar-refractivity contribution in [1.29, 1.82) is 0 Å². The van der Waals surface area contributed by atoms with E-state index in [1.54, 1.807) is 0 Å². The number of nitrogens with one attached hydrogen (secondary N) is 1. The van der Waals surface area contributed by atoms with Crippen molar-refractivity contribution in [3.63, 3.8) is 0 Å². The van der Waals surface area contributed by atoms with Crippen molar-refractivity contribution in [2.24, 2.45) is 11.8 Å². The summed E-state index contributed by atoms with van der Waals surface area (Å²) in [5.41, 5.74) is 0. The summed E-state index contributed by atoms with van der Waals surface area (Å²) in [5, 5.41) is 3.19. The van der Waals surface area contributed by atoms with E-state index in [4.69, 9.17) is 0 Å². The highest BCUT2D eigenvalue weighted by molar-refractivity contribution is 7.90. The lowest BCUT2D eigenvalue weighted by atomic mass is 9.94.